The summed E-state index contributed by atoms with van der Waals surface area (Å²) in [7, 11) is 0. The van der Waals surface area contributed by atoms with Gasteiger partial charge < -0.3 is 4.90 Å². The molecule has 1 aliphatic carbocycles. The number of aromatic nitrogens is 2. The smallest absolute Gasteiger partial charge is 0.257 e. The van der Waals surface area contributed by atoms with E-state index in [2.05, 4.69) is 4.90 Å². The van der Waals surface area contributed by atoms with E-state index in [1.807, 2.05) is 63.6 Å². The van der Waals surface area contributed by atoms with Crippen LogP contribution >= 0.6 is 11.3 Å². The molecule has 1 amide bonds. The average Bonchev–Trinajstić information content (AvgIpc) is 3.55. The van der Waals surface area contributed by atoms with Crippen molar-refractivity contribution in [1.29, 1.82) is 0 Å². The number of carbonyl (C=O) groups is 1. The van der Waals surface area contributed by atoms with Gasteiger partial charge in [-0.2, -0.15) is 5.10 Å². The van der Waals surface area contributed by atoms with E-state index >= 15 is 0 Å². The molecule has 5 rings (SSSR count). The number of nitrogens with zero attached hydrogens (tertiary/aromatic N) is 4. The van der Waals surface area contributed by atoms with Crippen molar-refractivity contribution in [3.05, 3.63) is 59.6 Å². The fourth-order valence-corrected chi connectivity index (χ4v) is 5.29. The highest BCUT2D eigenvalue weighted by Gasteiger charge is 2.30. The van der Waals surface area contributed by atoms with Gasteiger partial charge in [0.05, 0.1) is 16.1 Å². The summed E-state index contributed by atoms with van der Waals surface area (Å²) in [5.74, 6) is 0.0988. The summed E-state index contributed by atoms with van der Waals surface area (Å²) in [6, 6.07) is 14.8. The van der Waals surface area contributed by atoms with Crippen LogP contribution in [-0.4, -0.2) is 57.7 Å². The SMILES string of the molecule is O=C(c1cn(-c2ccccc2)nc1-c1cccs1)N1CCN(C2CCCC2)CC1. The minimum absolute atomic E-state index is 0.0988. The Balaban J connectivity index is 1.39. The summed E-state index contributed by atoms with van der Waals surface area (Å²) < 4.78 is 1.83. The minimum atomic E-state index is 0.0988. The van der Waals surface area contributed by atoms with E-state index in [0.29, 0.717) is 5.56 Å². The van der Waals surface area contributed by atoms with Crippen molar-refractivity contribution in [2.45, 2.75) is 31.7 Å². The Morgan fingerprint density at radius 2 is 1.72 bits per heavy atom. The number of carbonyl (C=O) groups excluding carboxylic acids is 1. The van der Waals surface area contributed by atoms with E-state index in [9.17, 15) is 4.79 Å². The molecule has 2 aromatic heterocycles. The first-order valence-corrected chi connectivity index (χ1v) is 11.4. The quantitative estimate of drug-likeness (QED) is 0.649. The lowest BCUT2D eigenvalue weighted by Gasteiger charge is -2.38. The first-order chi connectivity index (χ1) is 14.3. The average molecular weight is 407 g/mol. The first kappa shape index (κ1) is 18.6. The lowest BCUT2D eigenvalue weighted by atomic mass is 10.1. The van der Waals surface area contributed by atoms with E-state index in [4.69, 9.17) is 5.10 Å². The molecule has 3 heterocycles. The summed E-state index contributed by atoms with van der Waals surface area (Å²) in [6.45, 7) is 3.57. The van der Waals surface area contributed by atoms with Gasteiger partial charge in [-0.15, -0.1) is 11.3 Å². The molecule has 29 heavy (non-hydrogen) atoms. The zero-order valence-electron chi connectivity index (χ0n) is 16.5. The zero-order valence-corrected chi connectivity index (χ0v) is 17.4. The maximum Gasteiger partial charge on any atom is 0.257 e. The normalized spacial score (nSPS) is 18.4. The predicted molar refractivity (Wildman–Crippen MR) is 117 cm³/mol. The second kappa shape index (κ2) is 8.13. The Morgan fingerprint density at radius 3 is 2.41 bits per heavy atom. The number of piperazine rings is 1. The highest BCUT2D eigenvalue weighted by atomic mass is 32.1. The van der Waals surface area contributed by atoms with Crippen LogP contribution in [0, 0.1) is 0 Å². The van der Waals surface area contributed by atoms with Gasteiger partial charge in [0.2, 0.25) is 0 Å². The van der Waals surface area contributed by atoms with Gasteiger partial charge in [0.1, 0.15) is 5.69 Å². The first-order valence-electron chi connectivity index (χ1n) is 10.5. The van der Waals surface area contributed by atoms with Gasteiger partial charge in [-0.05, 0) is 36.4 Å². The molecule has 1 aromatic carbocycles. The highest BCUT2D eigenvalue weighted by Crippen LogP contribution is 2.29. The second-order valence-electron chi connectivity index (χ2n) is 7.92. The Labute approximate surface area is 175 Å². The molecule has 1 saturated carbocycles. The van der Waals surface area contributed by atoms with Crippen LogP contribution in [-0.2, 0) is 0 Å². The van der Waals surface area contributed by atoms with E-state index in [0.717, 1.165) is 48.5 Å². The van der Waals surface area contributed by atoms with Crippen LogP contribution < -0.4 is 0 Å². The molecule has 0 bridgehead atoms. The molecule has 6 heteroatoms. The molecule has 1 aliphatic heterocycles. The van der Waals surface area contributed by atoms with Gasteiger partial charge in [-0.1, -0.05) is 37.1 Å². The van der Waals surface area contributed by atoms with Crippen molar-refractivity contribution in [3.8, 4) is 16.3 Å². The van der Waals surface area contributed by atoms with Gasteiger partial charge in [0.15, 0.2) is 0 Å². The predicted octanol–water partition coefficient (Wildman–Crippen LogP) is 4.30. The monoisotopic (exact) mass is 406 g/mol. The van der Waals surface area contributed by atoms with E-state index < -0.39 is 0 Å². The van der Waals surface area contributed by atoms with Gasteiger partial charge >= 0.3 is 0 Å². The van der Waals surface area contributed by atoms with Crippen LogP contribution in [0.2, 0.25) is 0 Å². The fraction of sp³-hybridized carbons (Fsp3) is 0.391. The Morgan fingerprint density at radius 1 is 0.966 bits per heavy atom. The highest BCUT2D eigenvalue weighted by molar-refractivity contribution is 7.13. The number of thiophene rings is 1. The molecule has 1 saturated heterocycles. The van der Waals surface area contributed by atoms with Crippen LogP contribution in [0.15, 0.2) is 54.0 Å². The third-order valence-corrected chi connectivity index (χ3v) is 7.04. The number of para-hydroxylation sites is 1. The molecular formula is C23H26N4OS. The molecule has 0 spiro atoms. The number of rotatable bonds is 4. The van der Waals surface area contributed by atoms with Gasteiger partial charge in [-0.3, -0.25) is 9.69 Å². The number of amides is 1. The van der Waals surface area contributed by atoms with Crippen molar-refractivity contribution < 1.29 is 4.79 Å². The molecule has 150 valence electrons. The number of hydrogen-bond donors (Lipinski definition) is 0. The lowest BCUT2D eigenvalue weighted by molar-refractivity contribution is 0.0574. The molecule has 2 fully saturated rings. The Bertz CT molecular complexity index is 952. The maximum atomic E-state index is 13.4. The van der Waals surface area contributed by atoms with Gasteiger partial charge in [0, 0.05) is 38.4 Å². The minimum Gasteiger partial charge on any atom is -0.336 e. The Kier molecular flexibility index (Phi) is 5.21. The molecule has 0 radical (unpaired) electrons. The van der Waals surface area contributed by atoms with Crippen molar-refractivity contribution in [1.82, 2.24) is 19.6 Å². The standard InChI is InChI=1S/C23H26N4OS/c28-23(26-14-12-25(13-15-26)18-7-4-5-8-18)20-17-27(19-9-2-1-3-10-19)24-22(20)21-11-6-16-29-21/h1-3,6,9-11,16-18H,4-5,7-8,12-15H2. The summed E-state index contributed by atoms with van der Waals surface area (Å²) in [4.78, 5) is 19.1. The summed E-state index contributed by atoms with van der Waals surface area (Å²) in [5.41, 5.74) is 2.45. The molecular weight excluding hydrogens is 380 g/mol. The van der Waals surface area contributed by atoms with Crippen LogP contribution in [0.3, 0.4) is 0 Å². The van der Waals surface area contributed by atoms with Gasteiger partial charge in [-0.25, -0.2) is 4.68 Å². The fourth-order valence-electron chi connectivity index (χ4n) is 4.57. The summed E-state index contributed by atoms with van der Waals surface area (Å²) in [6.07, 6.45) is 7.25. The van der Waals surface area contributed by atoms with E-state index in [-0.39, 0.29) is 5.91 Å². The molecule has 2 aliphatic rings. The lowest BCUT2D eigenvalue weighted by Crippen LogP contribution is -2.51. The molecule has 3 aromatic rings. The van der Waals surface area contributed by atoms with Crippen LogP contribution in [0.4, 0.5) is 0 Å². The molecule has 0 unspecified atom stereocenters. The summed E-state index contributed by atoms with van der Waals surface area (Å²) >= 11 is 1.63. The Hall–Kier alpha value is -2.44. The van der Waals surface area contributed by atoms with E-state index in [1.54, 1.807) is 11.3 Å². The van der Waals surface area contributed by atoms with Crippen molar-refractivity contribution >= 4 is 17.2 Å². The van der Waals surface area contributed by atoms with Crippen molar-refractivity contribution in [3.63, 3.8) is 0 Å². The molecule has 0 atom stereocenters. The van der Waals surface area contributed by atoms with Crippen LogP contribution in [0.5, 0.6) is 0 Å². The topological polar surface area (TPSA) is 41.4 Å². The molecule has 0 N–H and O–H groups in total. The number of benzene rings is 1. The van der Waals surface area contributed by atoms with Crippen LogP contribution in [0.25, 0.3) is 16.3 Å². The van der Waals surface area contributed by atoms with Crippen LogP contribution in [0.1, 0.15) is 36.0 Å². The largest absolute Gasteiger partial charge is 0.336 e. The second-order valence-corrected chi connectivity index (χ2v) is 8.86. The van der Waals surface area contributed by atoms with E-state index in [1.165, 1.54) is 25.7 Å². The third kappa shape index (κ3) is 3.74. The summed E-state index contributed by atoms with van der Waals surface area (Å²) in [5, 5.41) is 6.82. The zero-order chi connectivity index (χ0) is 19.6. The molecule has 5 nitrogen and oxygen atoms in total. The van der Waals surface area contributed by atoms with Gasteiger partial charge in [0.25, 0.3) is 5.91 Å². The third-order valence-electron chi connectivity index (χ3n) is 6.16. The maximum absolute atomic E-state index is 13.4. The van der Waals surface area contributed by atoms with Crippen molar-refractivity contribution in [2.75, 3.05) is 26.2 Å². The number of hydrogen-bond acceptors (Lipinski definition) is 4. The van der Waals surface area contributed by atoms with Crippen molar-refractivity contribution in [2.24, 2.45) is 0 Å².